The van der Waals surface area contributed by atoms with Crippen LogP contribution in [0.4, 0.5) is 0 Å². The van der Waals surface area contributed by atoms with E-state index in [1.54, 1.807) is 36.4 Å². The molecule has 21 heavy (non-hydrogen) atoms. The zero-order valence-corrected chi connectivity index (χ0v) is 10.9. The molecule has 0 amide bonds. The summed E-state index contributed by atoms with van der Waals surface area (Å²) in [5, 5.41) is 9.92. The van der Waals surface area contributed by atoms with Gasteiger partial charge >= 0.3 is 5.97 Å². The lowest BCUT2D eigenvalue weighted by Crippen LogP contribution is -2.01. The van der Waals surface area contributed by atoms with Gasteiger partial charge in [0.15, 0.2) is 0 Å². The molecule has 3 rings (SSSR count). The third-order valence-corrected chi connectivity index (χ3v) is 3.13. The number of nitrogens with zero attached hydrogens (tertiary/aromatic N) is 2. The van der Waals surface area contributed by atoms with Gasteiger partial charge in [0.05, 0.1) is 22.5 Å². The molecule has 0 atom stereocenters. The molecule has 0 saturated heterocycles. The Bertz CT molecular complexity index is 859. The number of hydrogen-bond acceptors (Lipinski definition) is 4. The summed E-state index contributed by atoms with van der Waals surface area (Å²) in [5.41, 5.74) is 2.09. The minimum atomic E-state index is -1.03. The Morgan fingerprint density at radius 1 is 1.10 bits per heavy atom. The van der Waals surface area contributed by atoms with Crippen LogP contribution >= 0.6 is 0 Å². The van der Waals surface area contributed by atoms with E-state index in [2.05, 4.69) is 9.97 Å². The number of carbonyl (C=O) groups is 2. The molecule has 0 aliphatic heterocycles. The van der Waals surface area contributed by atoms with Gasteiger partial charge < -0.3 is 5.11 Å². The van der Waals surface area contributed by atoms with Gasteiger partial charge in [0.1, 0.15) is 6.29 Å². The summed E-state index contributed by atoms with van der Waals surface area (Å²) in [6.45, 7) is 0. The summed E-state index contributed by atoms with van der Waals surface area (Å²) in [5.74, 6) is -1.03. The van der Waals surface area contributed by atoms with Gasteiger partial charge in [-0.3, -0.25) is 9.78 Å². The van der Waals surface area contributed by atoms with Crippen LogP contribution in [0.2, 0.25) is 0 Å². The molecule has 0 spiro atoms. The third kappa shape index (κ3) is 2.36. The Morgan fingerprint density at radius 2 is 1.90 bits per heavy atom. The highest BCUT2D eigenvalue weighted by molar-refractivity contribution is 6.03. The zero-order valence-electron chi connectivity index (χ0n) is 10.9. The number of rotatable bonds is 3. The lowest BCUT2D eigenvalue weighted by molar-refractivity contribution is 0.0699. The molecule has 5 nitrogen and oxygen atoms in total. The first kappa shape index (κ1) is 12.9. The number of carboxylic acids is 1. The molecule has 5 heteroatoms. The number of hydrogen-bond donors (Lipinski definition) is 1. The van der Waals surface area contributed by atoms with Crippen molar-refractivity contribution in [3.63, 3.8) is 0 Å². The number of aldehydes is 1. The van der Waals surface area contributed by atoms with E-state index in [4.69, 9.17) is 0 Å². The highest BCUT2D eigenvalue weighted by atomic mass is 16.4. The van der Waals surface area contributed by atoms with Crippen molar-refractivity contribution in [2.45, 2.75) is 0 Å². The lowest BCUT2D eigenvalue weighted by Gasteiger charge is -2.06. The average Bonchev–Trinajstić information content (AvgIpc) is 2.53. The van der Waals surface area contributed by atoms with Gasteiger partial charge in [-0.2, -0.15) is 0 Å². The maximum absolute atomic E-state index is 11.4. The highest BCUT2D eigenvalue weighted by Crippen LogP contribution is 2.24. The van der Waals surface area contributed by atoms with Gasteiger partial charge in [0, 0.05) is 17.1 Å². The Hall–Kier alpha value is -3.08. The number of carboxylic acid groups (broad SMARTS) is 1. The second-order valence-corrected chi connectivity index (χ2v) is 4.47. The second-order valence-electron chi connectivity index (χ2n) is 4.47. The maximum atomic E-state index is 11.4. The maximum Gasteiger partial charge on any atom is 0.336 e. The Labute approximate surface area is 119 Å². The Morgan fingerprint density at radius 3 is 2.67 bits per heavy atom. The number of carbonyl (C=O) groups excluding carboxylic acids is 1. The van der Waals surface area contributed by atoms with Gasteiger partial charge in [0.2, 0.25) is 0 Å². The average molecular weight is 278 g/mol. The Balaban J connectivity index is 2.28. The summed E-state index contributed by atoms with van der Waals surface area (Å²) in [6, 6.07) is 11.6. The van der Waals surface area contributed by atoms with Crippen LogP contribution in [0.1, 0.15) is 20.7 Å². The number of benzene rings is 1. The monoisotopic (exact) mass is 278 g/mol. The molecular weight excluding hydrogens is 268 g/mol. The predicted molar refractivity (Wildman–Crippen MR) is 77.3 cm³/mol. The normalized spacial score (nSPS) is 10.5. The molecule has 0 aliphatic rings. The molecule has 2 heterocycles. The van der Waals surface area contributed by atoms with Gasteiger partial charge in [-0.1, -0.05) is 18.2 Å². The van der Waals surface area contributed by atoms with Crippen molar-refractivity contribution in [3.05, 3.63) is 59.8 Å². The van der Waals surface area contributed by atoms with Gasteiger partial charge in [0.25, 0.3) is 0 Å². The fourth-order valence-electron chi connectivity index (χ4n) is 2.14. The van der Waals surface area contributed by atoms with Crippen LogP contribution in [0, 0.1) is 0 Å². The summed E-state index contributed by atoms with van der Waals surface area (Å²) in [6.07, 6.45) is 2.21. The van der Waals surface area contributed by atoms with E-state index < -0.39 is 5.97 Å². The van der Waals surface area contributed by atoms with E-state index in [1.165, 1.54) is 12.3 Å². The number of aromatic carboxylic acids is 1. The molecule has 0 radical (unpaired) electrons. The van der Waals surface area contributed by atoms with Crippen molar-refractivity contribution in [1.29, 1.82) is 0 Å². The smallest absolute Gasteiger partial charge is 0.336 e. The van der Waals surface area contributed by atoms with Crippen molar-refractivity contribution < 1.29 is 14.7 Å². The predicted octanol–water partition coefficient (Wildman–Crippen LogP) is 2.81. The van der Waals surface area contributed by atoms with Crippen molar-refractivity contribution in [1.82, 2.24) is 9.97 Å². The Kier molecular flexibility index (Phi) is 3.16. The van der Waals surface area contributed by atoms with E-state index in [1.807, 2.05) is 0 Å². The van der Waals surface area contributed by atoms with Crippen molar-refractivity contribution >= 4 is 23.2 Å². The summed E-state index contributed by atoms with van der Waals surface area (Å²) < 4.78 is 0. The van der Waals surface area contributed by atoms with E-state index >= 15 is 0 Å². The quantitative estimate of drug-likeness (QED) is 0.745. The van der Waals surface area contributed by atoms with Crippen LogP contribution in [0.5, 0.6) is 0 Å². The van der Waals surface area contributed by atoms with E-state index in [-0.39, 0.29) is 5.56 Å². The number of pyridine rings is 2. The number of aromatic nitrogens is 2. The minimum absolute atomic E-state index is 0.161. The van der Waals surface area contributed by atoms with Crippen LogP contribution in [0.15, 0.2) is 48.7 Å². The van der Waals surface area contributed by atoms with E-state index in [0.29, 0.717) is 34.1 Å². The van der Waals surface area contributed by atoms with Crippen LogP contribution in [0.3, 0.4) is 0 Å². The first-order valence-electron chi connectivity index (χ1n) is 6.24. The molecule has 0 fully saturated rings. The lowest BCUT2D eigenvalue weighted by atomic mass is 10.1. The highest BCUT2D eigenvalue weighted by Gasteiger charge is 2.13. The van der Waals surface area contributed by atoms with E-state index in [0.717, 1.165) is 0 Å². The summed E-state index contributed by atoms with van der Waals surface area (Å²) >= 11 is 0. The van der Waals surface area contributed by atoms with Gasteiger partial charge in [-0.15, -0.1) is 0 Å². The molecule has 102 valence electrons. The van der Waals surface area contributed by atoms with Crippen LogP contribution in [-0.4, -0.2) is 27.3 Å². The molecular formula is C16H10N2O3. The van der Waals surface area contributed by atoms with Crippen LogP contribution in [0.25, 0.3) is 22.3 Å². The molecule has 0 bridgehead atoms. The van der Waals surface area contributed by atoms with Crippen molar-refractivity contribution in [3.8, 4) is 11.4 Å². The zero-order chi connectivity index (χ0) is 14.8. The number of fused-ring (bicyclic) bond motifs is 1. The largest absolute Gasteiger partial charge is 0.478 e. The first-order chi connectivity index (χ1) is 10.2. The van der Waals surface area contributed by atoms with Gasteiger partial charge in [-0.05, 0) is 24.3 Å². The van der Waals surface area contributed by atoms with E-state index in [9.17, 15) is 14.7 Å². The molecule has 2 aromatic heterocycles. The number of para-hydroxylation sites is 1. The minimum Gasteiger partial charge on any atom is -0.478 e. The fourth-order valence-corrected chi connectivity index (χ4v) is 2.14. The SMILES string of the molecule is O=Cc1ccnc(-c2cc(C(=O)O)c3ccccc3n2)c1. The standard InChI is InChI=1S/C16H10N2O3/c19-9-10-5-6-17-14(7-10)15-8-12(16(20)21)11-3-1-2-4-13(11)18-15/h1-9H,(H,20,21). The van der Waals surface area contributed by atoms with Gasteiger partial charge in [-0.25, -0.2) is 9.78 Å². The molecule has 0 saturated carbocycles. The molecule has 0 aliphatic carbocycles. The summed E-state index contributed by atoms with van der Waals surface area (Å²) in [7, 11) is 0. The molecule has 0 unspecified atom stereocenters. The molecule has 1 N–H and O–H groups in total. The summed E-state index contributed by atoms with van der Waals surface area (Å²) in [4.78, 5) is 30.8. The van der Waals surface area contributed by atoms with Crippen molar-refractivity contribution in [2.75, 3.05) is 0 Å². The molecule has 3 aromatic rings. The topological polar surface area (TPSA) is 80.2 Å². The van der Waals surface area contributed by atoms with Crippen LogP contribution in [-0.2, 0) is 0 Å². The molecule has 1 aromatic carbocycles. The fraction of sp³-hybridized carbons (Fsp3) is 0. The third-order valence-electron chi connectivity index (χ3n) is 3.13. The van der Waals surface area contributed by atoms with Crippen molar-refractivity contribution in [2.24, 2.45) is 0 Å². The first-order valence-corrected chi connectivity index (χ1v) is 6.24. The second kappa shape index (κ2) is 5.13. The van der Waals surface area contributed by atoms with Crippen LogP contribution < -0.4 is 0 Å².